The van der Waals surface area contributed by atoms with Crippen LogP contribution in [0.1, 0.15) is 12.5 Å². The highest BCUT2D eigenvalue weighted by atomic mass is 79.9. The lowest BCUT2D eigenvalue weighted by atomic mass is 10.1. The van der Waals surface area contributed by atoms with Gasteiger partial charge in [0, 0.05) is 15.6 Å². The third-order valence-corrected chi connectivity index (χ3v) is 3.09. The van der Waals surface area contributed by atoms with Gasteiger partial charge >= 0.3 is 0 Å². The highest BCUT2D eigenvalue weighted by Gasteiger charge is 2.08. The fourth-order valence-electron chi connectivity index (χ4n) is 1.05. The molecule has 15 heavy (non-hydrogen) atoms. The summed E-state index contributed by atoms with van der Waals surface area (Å²) < 4.78 is 5.92. The third-order valence-electron chi connectivity index (χ3n) is 1.91. The topological polar surface area (TPSA) is 33.0 Å². The maximum atomic E-state index is 8.75. The molecule has 0 aromatic heterocycles. The molecule has 0 atom stereocenters. The van der Waals surface area contributed by atoms with Crippen molar-refractivity contribution < 1.29 is 4.74 Å². The summed E-state index contributed by atoms with van der Waals surface area (Å²) in [6, 6.07) is 7.45. The summed E-state index contributed by atoms with van der Waals surface area (Å²) >= 11 is 9.44. The summed E-state index contributed by atoms with van der Waals surface area (Å²) in [6.07, 6.45) is 0. The van der Waals surface area contributed by atoms with Crippen LogP contribution in [0.3, 0.4) is 0 Å². The molecule has 78 valence electrons. The molecule has 0 spiro atoms. The summed E-state index contributed by atoms with van der Waals surface area (Å²) in [5.41, 5.74) is 1.24. The lowest BCUT2D eigenvalue weighted by molar-refractivity contribution is 0.414. The van der Waals surface area contributed by atoms with Crippen molar-refractivity contribution in [3.05, 3.63) is 33.8 Å². The van der Waals surface area contributed by atoms with E-state index in [4.69, 9.17) is 21.6 Å². The SMILES string of the molecule is COc1ccc(Br)c(C(Cl)=C(C)C#N)c1. The van der Waals surface area contributed by atoms with E-state index in [0.717, 1.165) is 10.0 Å². The van der Waals surface area contributed by atoms with Gasteiger partial charge in [-0.05, 0) is 25.1 Å². The number of benzene rings is 1. The van der Waals surface area contributed by atoms with E-state index in [-0.39, 0.29) is 0 Å². The Morgan fingerprint density at radius 1 is 1.53 bits per heavy atom. The molecule has 0 aliphatic heterocycles. The summed E-state index contributed by atoms with van der Waals surface area (Å²) in [4.78, 5) is 0. The first-order valence-corrected chi connectivity index (χ1v) is 5.37. The fraction of sp³-hybridized carbons (Fsp3) is 0.182. The molecule has 1 aromatic carbocycles. The Balaban J connectivity index is 3.32. The Kier molecular flexibility index (Phi) is 4.19. The lowest BCUT2D eigenvalue weighted by Crippen LogP contribution is -1.87. The number of hydrogen-bond acceptors (Lipinski definition) is 2. The Labute approximate surface area is 102 Å². The number of rotatable bonds is 2. The third kappa shape index (κ3) is 2.74. The molecule has 0 unspecified atom stereocenters. The molecule has 0 aliphatic rings. The molecule has 0 N–H and O–H groups in total. The highest BCUT2D eigenvalue weighted by molar-refractivity contribution is 9.10. The number of halogens is 2. The average molecular weight is 287 g/mol. The quantitative estimate of drug-likeness (QED) is 0.771. The first-order valence-electron chi connectivity index (χ1n) is 4.20. The van der Waals surface area contributed by atoms with Gasteiger partial charge in [-0.2, -0.15) is 5.26 Å². The van der Waals surface area contributed by atoms with Crippen molar-refractivity contribution in [1.29, 1.82) is 5.26 Å². The van der Waals surface area contributed by atoms with E-state index in [1.54, 1.807) is 20.1 Å². The van der Waals surface area contributed by atoms with Crippen molar-refractivity contribution in [3.63, 3.8) is 0 Å². The first kappa shape index (κ1) is 12.1. The number of allylic oxidation sites excluding steroid dienone is 1. The van der Waals surface area contributed by atoms with Gasteiger partial charge in [0.05, 0.1) is 18.2 Å². The summed E-state index contributed by atoms with van der Waals surface area (Å²) in [5.74, 6) is 0.706. The minimum atomic E-state index is 0.434. The Hall–Kier alpha value is -0.980. The number of hydrogen-bond donors (Lipinski definition) is 0. The molecular formula is C11H9BrClNO. The van der Waals surface area contributed by atoms with Crippen LogP contribution in [0.2, 0.25) is 0 Å². The van der Waals surface area contributed by atoms with E-state index in [0.29, 0.717) is 16.4 Å². The van der Waals surface area contributed by atoms with Crippen LogP contribution in [0.25, 0.3) is 5.03 Å². The van der Waals surface area contributed by atoms with Crippen LogP contribution in [0.15, 0.2) is 28.2 Å². The molecule has 0 radical (unpaired) electrons. The predicted octanol–water partition coefficient (Wildman–Crippen LogP) is 3.95. The summed E-state index contributed by atoms with van der Waals surface area (Å²) in [7, 11) is 1.59. The van der Waals surface area contributed by atoms with Gasteiger partial charge in [0.25, 0.3) is 0 Å². The maximum absolute atomic E-state index is 8.75. The lowest BCUT2D eigenvalue weighted by Gasteiger charge is -2.06. The van der Waals surface area contributed by atoms with Gasteiger partial charge in [-0.25, -0.2) is 0 Å². The molecule has 0 bridgehead atoms. The minimum absolute atomic E-state index is 0.434. The molecule has 2 nitrogen and oxygen atoms in total. The number of methoxy groups -OCH3 is 1. The van der Waals surface area contributed by atoms with Crippen molar-refractivity contribution in [2.24, 2.45) is 0 Å². The normalized spacial score (nSPS) is 11.7. The van der Waals surface area contributed by atoms with Gasteiger partial charge in [0.1, 0.15) is 5.75 Å². The monoisotopic (exact) mass is 285 g/mol. The Morgan fingerprint density at radius 2 is 2.20 bits per heavy atom. The van der Waals surface area contributed by atoms with Crippen LogP contribution in [-0.2, 0) is 0 Å². The molecule has 1 rings (SSSR count). The van der Waals surface area contributed by atoms with E-state index < -0.39 is 0 Å². The average Bonchev–Trinajstić information content (AvgIpc) is 2.27. The van der Waals surface area contributed by atoms with Gasteiger partial charge in [-0.1, -0.05) is 27.5 Å². The van der Waals surface area contributed by atoms with Gasteiger partial charge in [-0.15, -0.1) is 0 Å². The molecule has 0 amide bonds. The molecule has 0 saturated carbocycles. The van der Waals surface area contributed by atoms with Crippen LogP contribution in [0.4, 0.5) is 0 Å². The minimum Gasteiger partial charge on any atom is -0.497 e. The van der Waals surface area contributed by atoms with Crippen molar-refractivity contribution in [2.75, 3.05) is 7.11 Å². The summed E-state index contributed by atoms with van der Waals surface area (Å²) in [6.45, 7) is 1.67. The zero-order chi connectivity index (χ0) is 11.4. The predicted molar refractivity (Wildman–Crippen MR) is 64.8 cm³/mol. The van der Waals surface area contributed by atoms with Crippen molar-refractivity contribution in [3.8, 4) is 11.8 Å². The zero-order valence-corrected chi connectivity index (χ0v) is 10.7. The van der Waals surface area contributed by atoms with E-state index in [2.05, 4.69) is 15.9 Å². The number of ether oxygens (including phenoxy) is 1. The Morgan fingerprint density at radius 3 is 2.73 bits per heavy atom. The van der Waals surface area contributed by atoms with Crippen LogP contribution in [-0.4, -0.2) is 7.11 Å². The van der Waals surface area contributed by atoms with Crippen LogP contribution >= 0.6 is 27.5 Å². The van der Waals surface area contributed by atoms with E-state index in [1.165, 1.54) is 0 Å². The van der Waals surface area contributed by atoms with Crippen molar-refractivity contribution in [1.82, 2.24) is 0 Å². The maximum Gasteiger partial charge on any atom is 0.119 e. The molecular weight excluding hydrogens is 277 g/mol. The van der Waals surface area contributed by atoms with Gasteiger partial charge in [-0.3, -0.25) is 0 Å². The van der Waals surface area contributed by atoms with E-state index in [9.17, 15) is 0 Å². The van der Waals surface area contributed by atoms with Crippen molar-refractivity contribution >= 4 is 32.6 Å². The molecule has 0 saturated heterocycles. The molecule has 0 fully saturated rings. The zero-order valence-electron chi connectivity index (χ0n) is 8.34. The number of nitrogens with zero attached hydrogens (tertiary/aromatic N) is 1. The molecule has 4 heteroatoms. The first-order chi connectivity index (χ1) is 7.10. The van der Waals surface area contributed by atoms with Crippen LogP contribution in [0.5, 0.6) is 5.75 Å². The smallest absolute Gasteiger partial charge is 0.119 e. The molecule has 0 heterocycles. The second-order valence-electron chi connectivity index (χ2n) is 2.90. The largest absolute Gasteiger partial charge is 0.497 e. The molecule has 0 aliphatic carbocycles. The fourth-order valence-corrected chi connectivity index (χ4v) is 1.81. The Bertz CT molecular complexity index is 448. The van der Waals surface area contributed by atoms with E-state index >= 15 is 0 Å². The van der Waals surface area contributed by atoms with Gasteiger partial charge in [0.15, 0.2) is 0 Å². The van der Waals surface area contributed by atoms with E-state index in [1.807, 2.05) is 18.2 Å². The molecule has 1 aromatic rings. The van der Waals surface area contributed by atoms with Gasteiger partial charge < -0.3 is 4.74 Å². The highest BCUT2D eigenvalue weighted by Crippen LogP contribution is 2.32. The van der Waals surface area contributed by atoms with Crippen LogP contribution in [0, 0.1) is 11.3 Å². The standard InChI is InChI=1S/C11H9BrClNO/c1-7(6-14)11(13)9-5-8(15-2)3-4-10(9)12/h3-5H,1-2H3. The van der Waals surface area contributed by atoms with Crippen molar-refractivity contribution in [2.45, 2.75) is 6.92 Å². The van der Waals surface area contributed by atoms with Crippen LogP contribution < -0.4 is 4.74 Å². The number of nitriles is 1. The summed E-state index contributed by atoms with van der Waals surface area (Å²) in [5, 5.41) is 9.18. The second kappa shape index (κ2) is 5.20. The second-order valence-corrected chi connectivity index (χ2v) is 4.13. The van der Waals surface area contributed by atoms with Gasteiger partial charge in [0.2, 0.25) is 0 Å².